The van der Waals surface area contributed by atoms with Gasteiger partial charge in [0.05, 0.1) is 10.5 Å². The van der Waals surface area contributed by atoms with Gasteiger partial charge in [-0.25, -0.2) is 4.79 Å². The Hall–Kier alpha value is -2.96. The van der Waals surface area contributed by atoms with E-state index in [2.05, 4.69) is 4.40 Å². The summed E-state index contributed by atoms with van der Waals surface area (Å²) in [5.41, 5.74) is 0.643. The van der Waals surface area contributed by atoms with Crippen LogP contribution < -0.4 is 0 Å². The van der Waals surface area contributed by atoms with Crippen molar-refractivity contribution >= 4 is 33.5 Å². The fraction of sp³-hybridized carbons (Fsp3) is 0. The number of rotatable bonds is 4. The number of hydrogen-bond acceptors (Lipinski definition) is 4. The second-order valence-electron chi connectivity index (χ2n) is 5.45. The number of carbonyl (C=O) groups excluding carboxylic acids is 1. The lowest BCUT2D eigenvalue weighted by molar-refractivity contribution is 0.0718. The van der Waals surface area contributed by atoms with Gasteiger partial charge in [0, 0.05) is 10.6 Å². The van der Waals surface area contributed by atoms with Crippen LogP contribution in [0, 0.1) is 0 Å². The zero-order valence-corrected chi connectivity index (χ0v) is 15.5. The summed E-state index contributed by atoms with van der Waals surface area (Å²) in [6.07, 6.45) is 0. The van der Waals surface area contributed by atoms with Crippen molar-refractivity contribution in [2.24, 2.45) is 4.40 Å². The molecule has 0 aromatic heterocycles. The molecule has 136 valence electrons. The van der Waals surface area contributed by atoms with Crippen LogP contribution >= 0.6 is 11.6 Å². The van der Waals surface area contributed by atoms with E-state index < -0.39 is 16.0 Å². The Morgan fingerprint density at radius 1 is 0.778 bits per heavy atom. The Balaban J connectivity index is 2.01. The predicted octanol–water partition coefficient (Wildman–Crippen LogP) is 4.33. The molecule has 0 bridgehead atoms. The summed E-state index contributed by atoms with van der Waals surface area (Å²) in [7, 11) is -4.10. The van der Waals surface area contributed by atoms with Crippen molar-refractivity contribution in [2.45, 2.75) is 4.90 Å². The zero-order chi connectivity index (χ0) is 19.3. The number of hydrogen-bond donors (Lipinski definition) is 0. The van der Waals surface area contributed by atoms with Gasteiger partial charge in [0.1, 0.15) is 0 Å². The zero-order valence-electron chi connectivity index (χ0n) is 13.9. The van der Waals surface area contributed by atoms with Crippen LogP contribution in [0.4, 0.5) is 0 Å². The lowest BCUT2D eigenvalue weighted by Crippen LogP contribution is -2.16. The first kappa shape index (κ1) is 18.8. The Bertz CT molecular complexity index is 1060. The molecule has 5 nitrogen and oxygen atoms in total. The first-order chi connectivity index (χ1) is 13.0. The number of ether oxygens (including phenoxy) is 1. The summed E-state index contributed by atoms with van der Waals surface area (Å²) in [6.45, 7) is 0. The molecule has 0 aliphatic heterocycles. The molecule has 0 amide bonds. The number of sulfonamides is 1. The van der Waals surface area contributed by atoms with Gasteiger partial charge in [0.15, 0.2) is 0 Å². The van der Waals surface area contributed by atoms with E-state index in [0.29, 0.717) is 10.6 Å². The van der Waals surface area contributed by atoms with Crippen LogP contribution in [0.25, 0.3) is 0 Å². The maximum Gasteiger partial charge on any atom is 0.344 e. The van der Waals surface area contributed by atoms with Gasteiger partial charge in [0.25, 0.3) is 10.0 Å². The van der Waals surface area contributed by atoms with Crippen molar-refractivity contribution < 1.29 is 17.9 Å². The van der Waals surface area contributed by atoms with Crippen LogP contribution in [0.5, 0.6) is 0 Å². The van der Waals surface area contributed by atoms with E-state index in [0.717, 1.165) is 0 Å². The van der Waals surface area contributed by atoms with Gasteiger partial charge in [-0.2, -0.15) is 8.42 Å². The number of benzene rings is 3. The molecule has 0 saturated heterocycles. The van der Waals surface area contributed by atoms with E-state index in [1.807, 2.05) is 0 Å². The van der Waals surface area contributed by atoms with Crippen LogP contribution in [-0.4, -0.2) is 20.3 Å². The number of esters is 1. The summed E-state index contributed by atoms with van der Waals surface area (Å²) < 4.78 is 34.3. The molecule has 7 heteroatoms. The Labute approximate surface area is 162 Å². The predicted molar refractivity (Wildman–Crippen MR) is 103 cm³/mol. The average molecular weight is 400 g/mol. The van der Waals surface area contributed by atoms with Crippen LogP contribution in [-0.2, 0) is 14.8 Å². The monoisotopic (exact) mass is 399 g/mol. The molecule has 0 aliphatic rings. The highest BCUT2D eigenvalue weighted by Crippen LogP contribution is 2.18. The van der Waals surface area contributed by atoms with Gasteiger partial charge in [0.2, 0.25) is 5.90 Å². The molecule has 0 fully saturated rings. The minimum absolute atomic E-state index is 0.0592. The molecule has 0 N–H and O–H groups in total. The summed E-state index contributed by atoms with van der Waals surface area (Å²) in [5, 5.41) is 0.400. The largest absolute Gasteiger partial charge is 0.402 e. The van der Waals surface area contributed by atoms with Gasteiger partial charge >= 0.3 is 5.97 Å². The average Bonchev–Trinajstić information content (AvgIpc) is 2.69. The van der Waals surface area contributed by atoms with Gasteiger partial charge in [-0.05, 0) is 48.5 Å². The smallest absolute Gasteiger partial charge is 0.344 e. The Morgan fingerprint density at radius 3 is 1.85 bits per heavy atom. The summed E-state index contributed by atoms with van der Waals surface area (Å²) in [6, 6.07) is 22.2. The molecular weight excluding hydrogens is 386 g/mol. The molecule has 0 atom stereocenters. The normalized spacial score (nSPS) is 11.8. The Kier molecular flexibility index (Phi) is 5.69. The van der Waals surface area contributed by atoms with E-state index in [1.165, 1.54) is 24.3 Å². The third-order valence-corrected chi connectivity index (χ3v) is 5.06. The van der Waals surface area contributed by atoms with Crippen molar-refractivity contribution in [3.63, 3.8) is 0 Å². The molecule has 0 spiro atoms. The van der Waals surface area contributed by atoms with Crippen molar-refractivity contribution in [3.8, 4) is 0 Å². The van der Waals surface area contributed by atoms with Gasteiger partial charge < -0.3 is 4.74 Å². The Morgan fingerprint density at radius 2 is 1.30 bits per heavy atom. The van der Waals surface area contributed by atoms with Gasteiger partial charge in [-0.1, -0.05) is 48.0 Å². The molecule has 0 heterocycles. The molecule has 3 rings (SSSR count). The van der Waals surface area contributed by atoms with Crippen LogP contribution in [0.15, 0.2) is 94.2 Å². The minimum atomic E-state index is -4.10. The van der Waals surface area contributed by atoms with Crippen LogP contribution in [0.3, 0.4) is 0 Å². The second-order valence-corrected chi connectivity index (χ2v) is 7.49. The maximum atomic E-state index is 12.6. The number of halogens is 1. The summed E-state index contributed by atoms with van der Waals surface area (Å²) in [4.78, 5) is 12.3. The second kappa shape index (κ2) is 8.16. The third kappa shape index (κ3) is 4.81. The fourth-order valence-corrected chi connectivity index (χ4v) is 3.27. The highest BCUT2D eigenvalue weighted by Gasteiger charge is 2.19. The van der Waals surface area contributed by atoms with Crippen molar-refractivity contribution in [1.82, 2.24) is 0 Å². The summed E-state index contributed by atoms with van der Waals surface area (Å²) in [5.74, 6) is -1.01. The SMILES string of the molecule is O=C(O/C(=N/S(=O)(=O)c1ccc(Cl)cc1)c1ccccc1)c1ccccc1. The molecular formula is C20H14ClNO4S. The standard InChI is InChI=1S/C20H14ClNO4S/c21-17-11-13-18(14-12-17)27(24,25)22-19(15-7-3-1-4-8-15)26-20(23)16-9-5-2-6-10-16/h1-14H/b22-19+. The van der Waals surface area contributed by atoms with E-state index in [1.54, 1.807) is 60.7 Å². The topological polar surface area (TPSA) is 72.8 Å². The molecule has 3 aromatic rings. The molecule has 3 aromatic carbocycles. The molecule has 27 heavy (non-hydrogen) atoms. The lowest BCUT2D eigenvalue weighted by atomic mass is 10.2. The molecule has 0 aliphatic carbocycles. The quantitative estimate of drug-likeness (QED) is 0.372. The highest BCUT2D eigenvalue weighted by atomic mass is 35.5. The van der Waals surface area contributed by atoms with Gasteiger partial charge in [-0.15, -0.1) is 4.40 Å². The van der Waals surface area contributed by atoms with Crippen LogP contribution in [0.2, 0.25) is 5.02 Å². The molecule has 0 unspecified atom stereocenters. The van der Waals surface area contributed by atoms with Gasteiger partial charge in [-0.3, -0.25) is 0 Å². The number of carbonyl (C=O) groups is 1. The van der Waals surface area contributed by atoms with E-state index in [4.69, 9.17) is 16.3 Å². The first-order valence-corrected chi connectivity index (χ1v) is 9.71. The van der Waals surface area contributed by atoms with Crippen LogP contribution in [0.1, 0.15) is 15.9 Å². The third-order valence-electron chi connectivity index (χ3n) is 3.53. The fourth-order valence-electron chi connectivity index (χ4n) is 2.20. The minimum Gasteiger partial charge on any atom is -0.402 e. The number of nitrogens with zero attached hydrogens (tertiary/aromatic N) is 1. The first-order valence-electron chi connectivity index (χ1n) is 7.89. The van der Waals surface area contributed by atoms with Crippen molar-refractivity contribution in [1.29, 1.82) is 0 Å². The lowest BCUT2D eigenvalue weighted by Gasteiger charge is -2.08. The van der Waals surface area contributed by atoms with E-state index in [9.17, 15) is 13.2 Å². The van der Waals surface area contributed by atoms with E-state index in [-0.39, 0.29) is 16.4 Å². The van der Waals surface area contributed by atoms with E-state index >= 15 is 0 Å². The van der Waals surface area contributed by atoms with Crippen molar-refractivity contribution in [3.05, 3.63) is 101 Å². The molecule has 0 radical (unpaired) electrons. The summed E-state index contributed by atoms with van der Waals surface area (Å²) >= 11 is 5.80. The highest BCUT2D eigenvalue weighted by molar-refractivity contribution is 7.90. The van der Waals surface area contributed by atoms with Crippen molar-refractivity contribution in [2.75, 3.05) is 0 Å². The maximum absolute atomic E-state index is 12.6. The molecule has 0 saturated carbocycles.